The van der Waals surface area contributed by atoms with Crippen LogP contribution in [0, 0.1) is 6.92 Å². The van der Waals surface area contributed by atoms with E-state index in [1.54, 1.807) is 0 Å². The van der Waals surface area contributed by atoms with E-state index in [0.29, 0.717) is 0 Å². The first-order valence-corrected chi connectivity index (χ1v) is 3.84. The van der Waals surface area contributed by atoms with Crippen LogP contribution in [-0.4, -0.2) is 15.8 Å². The van der Waals surface area contributed by atoms with Crippen molar-refractivity contribution in [2.24, 2.45) is 12.8 Å². The minimum Gasteiger partial charge on any atom is -0.328 e. The summed E-state index contributed by atoms with van der Waals surface area (Å²) in [4.78, 5) is 0. The zero-order valence-corrected chi connectivity index (χ0v) is 7.33. The molecule has 0 aliphatic rings. The van der Waals surface area contributed by atoms with Crippen LogP contribution in [0.1, 0.15) is 18.3 Å². The van der Waals surface area contributed by atoms with E-state index in [4.69, 9.17) is 5.73 Å². The Kier molecular flexibility index (Phi) is 2.29. The van der Waals surface area contributed by atoms with Crippen LogP contribution in [-0.2, 0) is 13.5 Å². The molecule has 0 amide bonds. The van der Waals surface area contributed by atoms with Gasteiger partial charge < -0.3 is 5.73 Å². The number of aromatic nitrogens is 2. The van der Waals surface area contributed by atoms with Crippen LogP contribution in [0.4, 0.5) is 0 Å². The first-order valence-electron chi connectivity index (χ1n) is 3.84. The lowest BCUT2D eigenvalue weighted by Crippen LogP contribution is -2.18. The maximum atomic E-state index is 5.63. The minimum absolute atomic E-state index is 0.198. The lowest BCUT2D eigenvalue weighted by atomic mass is 10.2. The molecule has 2 N–H and O–H groups in total. The van der Waals surface area contributed by atoms with Crippen LogP contribution >= 0.6 is 0 Å². The molecule has 1 heterocycles. The van der Waals surface area contributed by atoms with E-state index in [-0.39, 0.29) is 6.04 Å². The molecule has 1 rings (SSSR count). The van der Waals surface area contributed by atoms with Crippen molar-refractivity contribution in [3.05, 3.63) is 17.5 Å². The summed E-state index contributed by atoms with van der Waals surface area (Å²) in [6.07, 6.45) is 0.863. The quantitative estimate of drug-likeness (QED) is 0.676. The molecule has 0 aromatic carbocycles. The molecule has 1 atom stereocenters. The van der Waals surface area contributed by atoms with Gasteiger partial charge in [-0.1, -0.05) is 0 Å². The van der Waals surface area contributed by atoms with Gasteiger partial charge in [0.05, 0.1) is 5.69 Å². The average molecular weight is 153 g/mol. The highest BCUT2D eigenvalue weighted by molar-refractivity contribution is 5.09. The SMILES string of the molecule is Cc1cc(C[C@@H](C)N)nn1C. The Morgan fingerprint density at radius 2 is 2.36 bits per heavy atom. The first kappa shape index (κ1) is 8.27. The summed E-state index contributed by atoms with van der Waals surface area (Å²) in [5.41, 5.74) is 7.90. The molecule has 0 radical (unpaired) electrons. The molecule has 0 saturated heterocycles. The molecule has 1 aromatic heterocycles. The van der Waals surface area contributed by atoms with Gasteiger partial charge in [-0.3, -0.25) is 4.68 Å². The molecule has 62 valence electrons. The van der Waals surface area contributed by atoms with Gasteiger partial charge in [0.1, 0.15) is 0 Å². The third kappa shape index (κ3) is 2.05. The van der Waals surface area contributed by atoms with Crippen molar-refractivity contribution in [1.29, 1.82) is 0 Å². The van der Waals surface area contributed by atoms with Crippen LogP contribution in [0.2, 0.25) is 0 Å². The van der Waals surface area contributed by atoms with Crippen LogP contribution in [0.5, 0.6) is 0 Å². The van der Waals surface area contributed by atoms with Crippen LogP contribution < -0.4 is 5.73 Å². The van der Waals surface area contributed by atoms with Crippen LogP contribution in [0.3, 0.4) is 0 Å². The van der Waals surface area contributed by atoms with Gasteiger partial charge in [0, 0.05) is 25.2 Å². The molecule has 0 aliphatic carbocycles. The third-order valence-corrected chi connectivity index (χ3v) is 1.70. The van der Waals surface area contributed by atoms with Gasteiger partial charge in [-0.2, -0.15) is 5.10 Å². The van der Waals surface area contributed by atoms with Gasteiger partial charge in [0.15, 0.2) is 0 Å². The molecule has 0 fully saturated rings. The molecule has 11 heavy (non-hydrogen) atoms. The fourth-order valence-corrected chi connectivity index (χ4v) is 1.06. The van der Waals surface area contributed by atoms with Crippen molar-refractivity contribution in [3.8, 4) is 0 Å². The van der Waals surface area contributed by atoms with E-state index >= 15 is 0 Å². The Labute approximate surface area is 67.2 Å². The summed E-state index contributed by atoms with van der Waals surface area (Å²) in [7, 11) is 1.94. The monoisotopic (exact) mass is 153 g/mol. The van der Waals surface area contributed by atoms with Crippen LogP contribution in [0.25, 0.3) is 0 Å². The van der Waals surface area contributed by atoms with E-state index in [1.165, 1.54) is 5.69 Å². The maximum absolute atomic E-state index is 5.63. The van der Waals surface area contributed by atoms with Gasteiger partial charge in [-0.15, -0.1) is 0 Å². The summed E-state index contributed by atoms with van der Waals surface area (Å²) in [5.74, 6) is 0. The van der Waals surface area contributed by atoms with Crippen molar-refractivity contribution < 1.29 is 0 Å². The Bertz CT molecular complexity index is 218. The Hall–Kier alpha value is -0.830. The Balaban J connectivity index is 2.73. The van der Waals surface area contributed by atoms with Crippen molar-refractivity contribution in [3.63, 3.8) is 0 Å². The summed E-state index contributed by atoms with van der Waals surface area (Å²) < 4.78 is 1.87. The van der Waals surface area contributed by atoms with Crippen molar-refractivity contribution in [1.82, 2.24) is 9.78 Å². The lowest BCUT2D eigenvalue weighted by Gasteiger charge is -1.98. The second-order valence-electron chi connectivity index (χ2n) is 3.08. The van der Waals surface area contributed by atoms with Crippen molar-refractivity contribution in [2.75, 3.05) is 0 Å². The number of rotatable bonds is 2. The number of nitrogens with zero attached hydrogens (tertiary/aromatic N) is 2. The normalized spacial score (nSPS) is 13.5. The van der Waals surface area contributed by atoms with Crippen molar-refractivity contribution in [2.45, 2.75) is 26.3 Å². The summed E-state index contributed by atoms with van der Waals surface area (Å²) in [5, 5.41) is 4.29. The molecular formula is C8H15N3. The van der Waals surface area contributed by atoms with E-state index in [9.17, 15) is 0 Å². The summed E-state index contributed by atoms with van der Waals surface area (Å²) in [6.45, 7) is 4.03. The van der Waals surface area contributed by atoms with Gasteiger partial charge >= 0.3 is 0 Å². The highest BCUT2D eigenvalue weighted by Gasteiger charge is 2.02. The standard InChI is InChI=1S/C8H15N3/c1-6(9)4-8-5-7(2)11(3)10-8/h5-6H,4,9H2,1-3H3/t6-/m1/s1. The Morgan fingerprint density at radius 1 is 1.73 bits per heavy atom. The van der Waals surface area contributed by atoms with Gasteiger partial charge in [0.2, 0.25) is 0 Å². The lowest BCUT2D eigenvalue weighted by molar-refractivity contribution is 0.678. The maximum Gasteiger partial charge on any atom is 0.0642 e. The number of nitrogens with two attached hydrogens (primary N) is 1. The molecule has 0 spiro atoms. The topological polar surface area (TPSA) is 43.8 Å². The van der Waals surface area contributed by atoms with Crippen molar-refractivity contribution >= 4 is 0 Å². The summed E-state index contributed by atoms with van der Waals surface area (Å²) in [6, 6.07) is 2.27. The van der Waals surface area contributed by atoms with E-state index in [1.807, 2.05) is 25.6 Å². The highest BCUT2D eigenvalue weighted by Crippen LogP contribution is 2.02. The fourth-order valence-electron chi connectivity index (χ4n) is 1.06. The summed E-state index contributed by atoms with van der Waals surface area (Å²) >= 11 is 0. The minimum atomic E-state index is 0.198. The molecular weight excluding hydrogens is 138 g/mol. The van der Waals surface area contributed by atoms with Gasteiger partial charge in [0.25, 0.3) is 0 Å². The van der Waals surface area contributed by atoms with Gasteiger partial charge in [-0.25, -0.2) is 0 Å². The molecule has 3 nitrogen and oxygen atoms in total. The smallest absolute Gasteiger partial charge is 0.0642 e. The van der Waals surface area contributed by atoms with E-state index < -0.39 is 0 Å². The molecule has 1 aromatic rings. The molecule has 0 bridgehead atoms. The number of hydrogen-bond donors (Lipinski definition) is 1. The Morgan fingerprint density at radius 3 is 2.73 bits per heavy atom. The van der Waals surface area contributed by atoms with Gasteiger partial charge in [-0.05, 0) is 19.9 Å². The predicted octanol–water partition coefficient (Wildman–Crippen LogP) is 0.618. The third-order valence-electron chi connectivity index (χ3n) is 1.70. The van der Waals surface area contributed by atoms with E-state index in [2.05, 4.69) is 11.2 Å². The number of aryl methyl sites for hydroxylation is 2. The number of hydrogen-bond acceptors (Lipinski definition) is 2. The molecule has 0 unspecified atom stereocenters. The zero-order valence-electron chi connectivity index (χ0n) is 7.33. The molecule has 0 aliphatic heterocycles. The second-order valence-corrected chi connectivity index (χ2v) is 3.08. The largest absolute Gasteiger partial charge is 0.328 e. The highest BCUT2D eigenvalue weighted by atomic mass is 15.3. The second kappa shape index (κ2) is 3.05. The molecule has 0 saturated carbocycles. The van der Waals surface area contributed by atoms with E-state index in [0.717, 1.165) is 12.1 Å². The first-order chi connectivity index (χ1) is 5.09. The average Bonchev–Trinajstić information content (AvgIpc) is 2.10. The fraction of sp³-hybridized carbons (Fsp3) is 0.625. The molecule has 3 heteroatoms. The van der Waals surface area contributed by atoms with Crippen LogP contribution in [0.15, 0.2) is 6.07 Å². The predicted molar refractivity (Wildman–Crippen MR) is 45.3 cm³/mol. The zero-order chi connectivity index (χ0) is 8.43.